The maximum absolute atomic E-state index is 4.66. The predicted octanol–water partition coefficient (Wildman–Crippen LogP) is 0.906. The topological polar surface area (TPSA) is 73.2 Å². The highest BCUT2D eigenvalue weighted by molar-refractivity contribution is 6.08. The van der Waals surface area contributed by atoms with Crippen molar-refractivity contribution in [2.24, 2.45) is 15.0 Å². The zero-order valence-corrected chi connectivity index (χ0v) is 13.9. The molecule has 1 aromatic carbocycles. The van der Waals surface area contributed by atoms with Crippen molar-refractivity contribution in [1.82, 2.24) is 16.0 Å². The van der Waals surface area contributed by atoms with Crippen LogP contribution in [0.25, 0.3) is 0 Å². The van der Waals surface area contributed by atoms with Crippen LogP contribution in [-0.4, -0.2) is 56.8 Å². The van der Waals surface area contributed by atoms with E-state index < -0.39 is 0 Å². The van der Waals surface area contributed by atoms with Gasteiger partial charge in [-0.1, -0.05) is 0 Å². The van der Waals surface area contributed by atoms with Gasteiger partial charge in [-0.05, 0) is 37.5 Å². The molecular weight excluding hydrogens is 300 g/mol. The van der Waals surface area contributed by atoms with Crippen LogP contribution in [-0.2, 0) is 0 Å². The number of aliphatic imine (C=N–C) groups is 3. The largest absolute Gasteiger partial charge is 0.370 e. The molecule has 0 radical (unpaired) electrons. The van der Waals surface area contributed by atoms with Crippen molar-refractivity contribution in [2.45, 2.75) is 19.3 Å². The van der Waals surface area contributed by atoms with E-state index >= 15 is 0 Å². The van der Waals surface area contributed by atoms with E-state index in [-0.39, 0.29) is 0 Å². The molecule has 6 heteroatoms. The molecule has 0 aromatic heterocycles. The summed E-state index contributed by atoms with van der Waals surface area (Å²) in [5.41, 5.74) is 3.35. The minimum atomic E-state index is 0.889. The second-order valence-electron chi connectivity index (χ2n) is 6.33. The molecule has 6 nitrogen and oxygen atoms in total. The Balaban J connectivity index is 1.76. The van der Waals surface area contributed by atoms with Gasteiger partial charge in [0.25, 0.3) is 0 Å². The maximum Gasteiger partial charge on any atom is 0.128 e. The summed E-state index contributed by atoms with van der Waals surface area (Å²) in [7, 11) is 0. The van der Waals surface area contributed by atoms with Crippen molar-refractivity contribution in [1.29, 1.82) is 0 Å². The number of amidine groups is 3. The van der Waals surface area contributed by atoms with Crippen molar-refractivity contribution < 1.29 is 0 Å². The summed E-state index contributed by atoms with van der Waals surface area (Å²) in [6.07, 6.45) is 3.29. The fourth-order valence-electron chi connectivity index (χ4n) is 3.22. The van der Waals surface area contributed by atoms with E-state index in [1.165, 1.54) is 0 Å². The van der Waals surface area contributed by atoms with Gasteiger partial charge < -0.3 is 16.0 Å². The summed E-state index contributed by atoms with van der Waals surface area (Å²) in [5, 5.41) is 10.3. The molecule has 4 rings (SSSR count). The van der Waals surface area contributed by atoms with Gasteiger partial charge in [0.2, 0.25) is 0 Å². The van der Waals surface area contributed by atoms with Gasteiger partial charge in [0.1, 0.15) is 17.5 Å². The SMILES string of the molecule is c1c(C2=NCCCN2)cc(C2=NCCCN2)cc1C1=NCCCN1. The highest BCUT2D eigenvalue weighted by Crippen LogP contribution is 2.15. The Morgan fingerprint density at radius 3 is 1.12 bits per heavy atom. The quantitative estimate of drug-likeness (QED) is 0.774. The number of nitrogens with one attached hydrogen (secondary N) is 3. The maximum atomic E-state index is 4.66. The predicted molar refractivity (Wildman–Crippen MR) is 98.5 cm³/mol. The second kappa shape index (κ2) is 7.03. The average molecular weight is 324 g/mol. The number of benzene rings is 1. The zero-order valence-electron chi connectivity index (χ0n) is 13.9. The first-order valence-electron chi connectivity index (χ1n) is 8.91. The van der Waals surface area contributed by atoms with Crippen LogP contribution < -0.4 is 16.0 Å². The summed E-state index contributed by atoms with van der Waals surface area (Å²) in [6.45, 7) is 5.62. The zero-order chi connectivity index (χ0) is 16.2. The van der Waals surface area contributed by atoms with Crippen LogP contribution in [0.5, 0.6) is 0 Å². The first-order valence-corrected chi connectivity index (χ1v) is 8.91. The van der Waals surface area contributed by atoms with Gasteiger partial charge in [0.05, 0.1) is 0 Å². The van der Waals surface area contributed by atoms with Crippen LogP contribution in [0.2, 0.25) is 0 Å². The van der Waals surface area contributed by atoms with Gasteiger partial charge >= 0.3 is 0 Å². The highest BCUT2D eigenvalue weighted by atomic mass is 15.0. The fourth-order valence-corrected chi connectivity index (χ4v) is 3.22. The molecule has 0 bridgehead atoms. The Morgan fingerprint density at radius 1 is 0.542 bits per heavy atom. The number of nitrogens with zero attached hydrogens (tertiary/aromatic N) is 3. The smallest absolute Gasteiger partial charge is 0.128 e. The van der Waals surface area contributed by atoms with E-state index in [0.29, 0.717) is 0 Å². The van der Waals surface area contributed by atoms with E-state index in [2.05, 4.69) is 49.1 Å². The number of hydrogen-bond acceptors (Lipinski definition) is 6. The molecule has 3 heterocycles. The van der Waals surface area contributed by atoms with Crippen LogP contribution in [0, 0.1) is 0 Å². The Kier molecular flexibility index (Phi) is 4.44. The molecule has 0 fully saturated rings. The lowest BCUT2D eigenvalue weighted by Gasteiger charge is -2.21. The average Bonchev–Trinajstić information content (AvgIpc) is 2.70. The molecule has 0 unspecified atom stereocenters. The van der Waals surface area contributed by atoms with Gasteiger partial charge in [-0.3, -0.25) is 15.0 Å². The van der Waals surface area contributed by atoms with Crippen molar-refractivity contribution >= 4 is 17.5 Å². The summed E-state index contributed by atoms with van der Waals surface area (Å²) in [5.74, 6) is 2.95. The third-order valence-electron chi connectivity index (χ3n) is 4.45. The molecule has 24 heavy (non-hydrogen) atoms. The molecule has 3 N–H and O–H groups in total. The number of rotatable bonds is 3. The lowest BCUT2D eigenvalue weighted by Crippen LogP contribution is -2.34. The standard InChI is InChI=1S/C18H24N6/c1-4-19-16(20-5-1)13-10-14(17-21-6-2-7-22-17)12-15(11-13)18-23-8-3-9-24-18/h10-12H,1-9H2,(H,19,20)(H,21,22)(H,23,24). The van der Waals surface area contributed by atoms with Gasteiger partial charge in [0, 0.05) is 56.0 Å². The molecule has 0 saturated carbocycles. The Bertz CT molecular complexity index is 596. The minimum Gasteiger partial charge on any atom is -0.370 e. The first kappa shape index (κ1) is 15.2. The molecule has 0 saturated heterocycles. The van der Waals surface area contributed by atoms with Crippen LogP contribution in [0.1, 0.15) is 36.0 Å². The molecular formula is C18H24N6. The minimum absolute atomic E-state index is 0.889. The molecule has 3 aliphatic rings. The first-order chi connectivity index (χ1) is 11.9. The molecule has 126 valence electrons. The molecule has 3 aliphatic heterocycles. The monoisotopic (exact) mass is 324 g/mol. The van der Waals surface area contributed by atoms with Crippen molar-refractivity contribution in [2.75, 3.05) is 39.3 Å². The molecule has 0 spiro atoms. The molecule has 0 aliphatic carbocycles. The van der Waals surface area contributed by atoms with Gasteiger partial charge in [-0.2, -0.15) is 0 Å². The Labute approximate surface area is 142 Å². The van der Waals surface area contributed by atoms with Crippen LogP contribution in [0.15, 0.2) is 33.2 Å². The van der Waals surface area contributed by atoms with Gasteiger partial charge in [-0.25, -0.2) is 0 Å². The third kappa shape index (κ3) is 3.27. The summed E-state index contributed by atoms with van der Waals surface area (Å²) in [6, 6.07) is 6.55. The lowest BCUT2D eigenvalue weighted by molar-refractivity contribution is 0.739. The normalized spacial score (nSPS) is 20.8. The number of hydrogen-bond donors (Lipinski definition) is 3. The molecule has 0 amide bonds. The van der Waals surface area contributed by atoms with Crippen molar-refractivity contribution in [3.05, 3.63) is 34.9 Å². The highest BCUT2D eigenvalue weighted by Gasteiger charge is 2.16. The third-order valence-corrected chi connectivity index (χ3v) is 4.45. The second-order valence-corrected chi connectivity index (χ2v) is 6.33. The van der Waals surface area contributed by atoms with Gasteiger partial charge in [0.15, 0.2) is 0 Å². The van der Waals surface area contributed by atoms with E-state index in [1.54, 1.807) is 0 Å². The molecule has 1 aromatic rings. The van der Waals surface area contributed by atoms with E-state index in [0.717, 1.165) is 92.7 Å². The van der Waals surface area contributed by atoms with Crippen LogP contribution in [0.3, 0.4) is 0 Å². The lowest BCUT2D eigenvalue weighted by atomic mass is 10.0. The van der Waals surface area contributed by atoms with E-state index in [9.17, 15) is 0 Å². The van der Waals surface area contributed by atoms with Gasteiger partial charge in [-0.15, -0.1) is 0 Å². The van der Waals surface area contributed by atoms with E-state index in [1.807, 2.05) is 0 Å². The fraction of sp³-hybridized carbons (Fsp3) is 0.500. The van der Waals surface area contributed by atoms with Crippen LogP contribution >= 0.6 is 0 Å². The van der Waals surface area contributed by atoms with E-state index in [4.69, 9.17) is 0 Å². The molecule has 0 atom stereocenters. The summed E-state index contributed by atoms with van der Waals surface area (Å²) in [4.78, 5) is 14.0. The van der Waals surface area contributed by atoms with Crippen molar-refractivity contribution in [3.8, 4) is 0 Å². The Hall–Kier alpha value is -2.37. The summed E-state index contributed by atoms with van der Waals surface area (Å²) >= 11 is 0. The van der Waals surface area contributed by atoms with Crippen LogP contribution in [0.4, 0.5) is 0 Å². The Morgan fingerprint density at radius 2 is 0.875 bits per heavy atom. The van der Waals surface area contributed by atoms with Crippen molar-refractivity contribution in [3.63, 3.8) is 0 Å². The summed E-state index contributed by atoms with van der Waals surface area (Å²) < 4.78 is 0.